The van der Waals surface area contributed by atoms with Gasteiger partial charge in [0.1, 0.15) is 0 Å². The molecule has 0 aliphatic carbocycles. The Kier molecular flexibility index (Phi) is 3.67. The van der Waals surface area contributed by atoms with Gasteiger partial charge in [0.2, 0.25) is 0 Å². The first-order valence-electron chi connectivity index (χ1n) is 3.89. The van der Waals surface area contributed by atoms with Crippen molar-refractivity contribution in [3.8, 4) is 0 Å². The smallest absolute Gasteiger partial charge is 0.455 e. The van der Waals surface area contributed by atoms with E-state index in [0.717, 1.165) is 0 Å². The number of esters is 1. The number of halogens is 5. The van der Waals surface area contributed by atoms with Crippen LogP contribution in [0, 0.1) is 0 Å². The van der Waals surface area contributed by atoms with E-state index in [-0.39, 0.29) is 13.5 Å². The first kappa shape index (κ1) is 14.1. The van der Waals surface area contributed by atoms with Gasteiger partial charge in [-0.25, -0.2) is 4.79 Å². The van der Waals surface area contributed by atoms with Crippen molar-refractivity contribution >= 4 is 5.97 Å². The summed E-state index contributed by atoms with van der Waals surface area (Å²) in [7, 11) is 0. The predicted molar refractivity (Wildman–Crippen MR) is 40.2 cm³/mol. The fourth-order valence-electron chi connectivity index (χ4n) is 0.704. The maximum absolute atomic E-state index is 12.7. The van der Waals surface area contributed by atoms with Crippen LogP contribution in [0.25, 0.3) is 0 Å². The van der Waals surface area contributed by atoms with Gasteiger partial charge in [0.15, 0.2) is 5.54 Å². The van der Waals surface area contributed by atoms with Crippen molar-refractivity contribution in [2.24, 2.45) is 5.73 Å². The predicted octanol–water partition coefficient (Wildman–Crippen LogP) is 1.46. The number of rotatable bonds is 3. The minimum Gasteiger partial charge on any atom is -0.464 e. The van der Waals surface area contributed by atoms with E-state index in [1.165, 1.54) is 6.92 Å². The highest BCUT2D eigenvalue weighted by atomic mass is 19.4. The molecule has 0 saturated carbocycles. The molecule has 0 rings (SSSR count). The zero-order valence-corrected chi connectivity index (χ0v) is 7.99. The highest BCUT2D eigenvalue weighted by Gasteiger charge is 2.70. The topological polar surface area (TPSA) is 52.3 Å². The van der Waals surface area contributed by atoms with Crippen molar-refractivity contribution in [1.82, 2.24) is 0 Å². The summed E-state index contributed by atoms with van der Waals surface area (Å²) in [5.41, 5.74) is 1.24. The number of hydrogen-bond acceptors (Lipinski definition) is 3. The molecule has 0 saturated heterocycles. The van der Waals surface area contributed by atoms with Gasteiger partial charge < -0.3 is 10.5 Å². The second kappa shape index (κ2) is 3.92. The fraction of sp³-hybridized carbons (Fsp3) is 0.857. The highest BCUT2D eigenvalue weighted by molar-refractivity contribution is 5.81. The molecule has 0 aromatic carbocycles. The van der Waals surface area contributed by atoms with Crippen LogP contribution in [0.15, 0.2) is 0 Å². The molecule has 0 spiro atoms. The van der Waals surface area contributed by atoms with Crippen LogP contribution in [-0.4, -0.2) is 30.2 Å². The quantitative estimate of drug-likeness (QED) is 0.595. The second-order valence-electron chi connectivity index (χ2n) is 2.99. The second-order valence-corrected chi connectivity index (χ2v) is 2.99. The third-order valence-corrected chi connectivity index (χ3v) is 1.71. The van der Waals surface area contributed by atoms with E-state index >= 15 is 0 Å². The molecule has 0 aliphatic heterocycles. The van der Waals surface area contributed by atoms with Gasteiger partial charge in [-0.3, -0.25) is 0 Å². The van der Waals surface area contributed by atoms with E-state index in [4.69, 9.17) is 0 Å². The molecule has 0 aromatic rings. The average Bonchev–Trinajstić information content (AvgIpc) is 2.02. The summed E-state index contributed by atoms with van der Waals surface area (Å²) in [5.74, 6) is -7.14. The van der Waals surface area contributed by atoms with Crippen LogP contribution in [0.5, 0.6) is 0 Å². The van der Waals surface area contributed by atoms with E-state index in [0.29, 0.717) is 0 Å². The molecule has 0 radical (unpaired) electrons. The number of alkyl halides is 5. The van der Waals surface area contributed by atoms with Gasteiger partial charge in [0.05, 0.1) is 6.61 Å². The molecule has 0 bridgehead atoms. The maximum atomic E-state index is 12.7. The summed E-state index contributed by atoms with van der Waals surface area (Å²) in [6.45, 7) is 1.21. The number of ether oxygens (including phenoxy) is 1. The first-order valence-corrected chi connectivity index (χ1v) is 3.89. The monoisotopic (exact) mass is 235 g/mol. The van der Waals surface area contributed by atoms with Crippen LogP contribution in [0.1, 0.15) is 13.8 Å². The molecule has 0 aromatic heterocycles. The molecule has 1 unspecified atom stereocenters. The summed E-state index contributed by atoms with van der Waals surface area (Å²) >= 11 is 0. The summed E-state index contributed by atoms with van der Waals surface area (Å²) in [5, 5.41) is 0. The van der Waals surface area contributed by atoms with Crippen LogP contribution < -0.4 is 5.73 Å². The third kappa shape index (κ3) is 2.36. The van der Waals surface area contributed by atoms with E-state index in [9.17, 15) is 26.7 Å². The van der Waals surface area contributed by atoms with E-state index in [2.05, 4.69) is 10.5 Å². The van der Waals surface area contributed by atoms with Crippen LogP contribution in [0.3, 0.4) is 0 Å². The Labute approximate surface area is 82.4 Å². The zero-order chi connectivity index (χ0) is 12.5. The highest BCUT2D eigenvalue weighted by Crippen LogP contribution is 2.42. The Morgan fingerprint density at radius 1 is 1.27 bits per heavy atom. The summed E-state index contributed by atoms with van der Waals surface area (Å²) in [4.78, 5) is 10.8. The molecule has 0 heterocycles. The van der Waals surface area contributed by atoms with Gasteiger partial charge in [-0.1, -0.05) is 0 Å². The van der Waals surface area contributed by atoms with Crippen molar-refractivity contribution in [3.05, 3.63) is 0 Å². The first-order chi connectivity index (χ1) is 6.48. The molecule has 1 atom stereocenters. The lowest BCUT2D eigenvalue weighted by Crippen LogP contribution is -2.65. The van der Waals surface area contributed by atoms with Gasteiger partial charge in [0, 0.05) is 0 Å². The summed E-state index contributed by atoms with van der Waals surface area (Å²) < 4.78 is 65.2. The number of carbonyl (C=O) groups excluding carboxylic acids is 1. The maximum Gasteiger partial charge on any atom is 0.455 e. The van der Waals surface area contributed by atoms with Crippen molar-refractivity contribution in [2.75, 3.05) is 6.61 Å². The number of nitrogens with two attached hydrogens (primary N) is 1. The standard InChI is InChI=1S/C7H10F5NO2/c1-3-15-4(14)5(2,13)6(8,9)7(10,11)12/h3,13H2,1-2H3. The molecule has 0 amide bonds. The molecular weight excluding hydrogens is 225 g/mol. The minimum atomic E-state index is -5.90. The third-order valence-electron chi connectivity index (χ3n) is 1.71. The molecule has 3 nitrogen and oxygen atoms in total. The fourth-order valence-corrected chi connectivity index (χ4v) is 0.704. The zero-order valence-electron chi connectivity index (χ0n) is 7.99. The number of hydrogen-bond donors (Lipinski definition) is 1. The Balaban J connectivity index is 5.10. The molecule has 2 N–H and O–H groups in total. The van der Waals surface area contributed by atoms with Gasteiger partial charge in [-0.15, -0.1) is 0 Å². The van der Waals surface area contributed by atoms with Gasteiger partial charge in [-0.2, -0.15) is 22.0 Å². The lowest BCUT2D eigenvalue weighted by atomic mass is 9.94. The normalized spacial score (nSPS) is 17.1. The molecule has 15 heavy (non-hydrogen) atoms. The van der Waals surface area contributed by atoms with Crippen molar-refractivity contribution in [3.63, 3.8) is 0 Å². The Hall–Kier alpha value is -0.920. The molecule has 0 aliphatic rings. The van der Waals surface area contributed by atoms with Gasteiger partial charge in [0.25, 0.3) is 0 Å². The van der Waals surface area contributed by atoms with Crippen molar-refractivity contribution < 1.29 is 31.5 Å². The molecule has 8 heteroatoms. The van der Waals surface area contributed by atoms with Gasteiger partial charge in [-0.05, 0) is 13.8 Å². The number of carbonyl (C=O) groups is 1. The summed E-state index contributed by atoms with van der Waals surface area (Å²) in [6, 6.07) is 0. The van der Waals surface area contributed by atoms with Crippen LogP contribution >= 0.6 is 0 Å². The molecule has 0 fully saturated rings. The average molecular weight is 235 g/mol. The lowest BCUT2D eigenvalue weighted by molar-refractivity contribution is -0.303. The van der Waals surface area contributed by atoms with E-state index in [1.807, 2.05) is 0 Å². The van der Waals surface area contributed by atoms with E-state index in [1.54, 1.807) is 0 Å². The largest absolute Gasteiger partial charge is 0.464 e. The Morgan fingerprint density at radius 3 is 1.93 bits per heavy atom. The Bertz CT molecular complexity index is 248. The SMILES string of the molecule is CCOC(=O)C(C)(N)C(F)(F)C(F)(F)F. The minimum absolute atomic E-state index is 0.276. The molecular formula is C7H10F5NO2. The van der Waals surface area contributed by atoms with Crippen molar-refractivity contribution in [2.45, 2.75) is 31.5 Å². The Morgan fingerprint density at radius 2 is 1.67 bits per heavy atom. The lowest BCUT2D eigenvalue weighted by Gasteiger charge is -2.32. The van der Waals surface area contributed by atoms with Crippen LogP contribution in [-0.2, 0) is 9.53 Å². The van der Waals surface area contributed by atoms with Crippen LogP contribution in [0.4, 0.5) is 22.0 Å². The van der Waals surface area contributed by atoms with Crippen molar-refractivity contribution in [1.29, 1.82) is 0 Å². The summed E-state index contributed by atoms with van der Waals surface area (Å²) in [6.07, 6.45) is -5.90. The van der Waals surface area contributed by atoms with Gasteiger partial charge >= 0.3 is 18.1 Å². The van der Waals surface area contributed by atoms with Crippen LogP contribution in [0.2, 0.25) is 0 Å². The molecule has 90 valence electrons. The van der Waals surface area contributed by atoms with E-state index < -0.39 is 23.6 Å².